The van der Waals surface area contributed by atoms with Crippen LogP contribution in [0, 0.1) is 0 Å². The zero-order valence-corrected chi connectivity index (χ0v) is 13.2. The Morgan fingerprint density at radius 3 is 2.71 bits per heavy atom. The van der Waals surface area contributed by atoms with E-state index in [-0.39, 0.29) is 12.1 Å². The van der Waals surface area contributed by atoms with Crippen molar-refractivity contribution in [1.29, 1.82) is 0 Å². The third kappa shape index (κ3) is 2.72. The maximum atomic E-state index is 6.14. The SMILES string of the molecule is CCNC(c1c(CC)oc2ccccc12)C1CCC(C)O1. The minimum Gasteiger partial charge on any atom is -0.461 e. The first kappa shape index (κ1) is 14.6. The summed E-state index contributed by atoms with van der Waals surface area (Å²) in [6.07, 6.45) is 3.77. The molecule has 1 aliphatic rings. The maximum Gasteiger partial charge on any atom is 0.134 e. The van der Waals surface area contributed by atoms with Gasteiger partial charge in [0, 0.05) is 17.4 Å². The molecule has 1 saturated heterocycles. The van der Waals surface area contributed by atoms with Gasteiger partial charge in [-0.25, -0.2) is 0 Å². The van der Waals surface area contributed by atoms with Crippen molar-refractivity contribution in [1.82, 2.24) is 5.32 Å². The van der Waals surface area contributed by atoms with E-state index in [2.05, 4.69) is 44.3 Å². The summed E-state index contributed by atoms with van der Waals surface area (Å²) in [5, 5.41) is 4.85. The number of fused-ring (bicyclic) bond motifs is 1. The van der Waals surface area contributed by atoms with E-state index in [9.17, 15) is 0 Å². The first-order valence-corrected chi connectivity index (χ1v) is 8.13. The van der Waals surface area contributed by atoms with Gasteiger partial charge >= 0.3 is 0 Å². The number of para-hydroxylation sites is 1. The number of likely N-dealkylation sites (N-methyl/N-ethyl adjacent to an activating group) is 1. The van der Waals surface area contributed by atoms with Crippen molar-refractivity contribution in [2.75, 3.05) is 6.54 Å². The van der Waals surface area contributed by atoms with E-state index < -0.39 is 0 Å². The Kier molecular flexibility index (Phi) is 4.32. The Morgan fingerprint density at radius 2 is 2.05 bits per heavy atom. The van der Waals surface area contributed by atoms with Crippen LogP contribution in [0.3, 0.4) is 0 Å². The van der Waals surface area contributed by atoms with Crippen LogP contribution in [0.4, 0.5) is 0 Å². The van der Waals surface area contributed by atoms with E-state index in [0.29, 0.717) is 6.10 Å². The van der Waals surface area contributed by atoms with Gasteiger partial charge in [0.1, 0.15) is 11.3 Å². The maximum absolute atomic E-state index is 6.14. The van der Waals surface area contributed by atoms with Gasteiger partial charge in [0.25, 0.3) is 0 Å². The third-order valence-electron chi connectivity index (χ3n) is 4.40. The van der Waals surface area contributed by atoms with Crippen LogP contribution in [0.15, 0.2) is 28.7 Å². The number of hydrogen-bond acceptors (Lipinski definition) is 3. The zero-order valence-electron chi connectivity index (χ0n) is 13.2. The molecule has 0 aliphatic carbocycles. The molecule has 0 radical (unpaired) electrons. The molecule has 1 N–H and O–H groups in total. The lowest BCUT2D eigenvalue weighted by Gasteiger charge is -2.25. The highest BCUT2D eigenvalue weighted by atomic mass is 16.5. The summed E-state index contributed by atoms with van der Waals surface area (Å²) in [6, 6.07) is 8.56. The van der Waals surface area contributed by atoms with Crippen molar-refractivity contribution >= 4 is 11.0 Å². The molecular weight excluding hydrogens is 262 g/mol. The smallest absolute Gasteiger partial charge is 0.134 e. The van der Waals surface area contributed by atoms with Gasteiger partial charge in [0.05, 0.1) is 18.2 Å². The van der Waals surface area contributed by atoms with Crippen LogP contribution < -0.4 is 5.32 Å². The fraction of sp³-hybridized carbons (Fsp3) is 0.556. The summed E-state index contributed by atoms with van der Waals surface area (Å²) in [4.78, 5) is 0. The van der Waals surface area contributed by atoms with Gasteiger partial charge in [0.15, 0.2) is 0 Å². The number of benzene rings is 1. The normalized spacial score (nSPS) is 23.8. The molecule has 1 fully saturated rings. The number of aryl methyl sites for hydroxylation is 1. The zero-order chi connectivity index (χ0) is 14.8. The van der Waals surface area contributed by atoms with Gasteiger partial charge in [-0.1, -0.05) is 32.0 Å². The van der Waals surface area contributed by atoms with Crippen LogP contribution in [-0.2, 0) is 11.2 Å². The van der Waals surface area contributed by atoms with Crippen molar-refractivity contribution in [3.63, 3.8) is 0 Å². The minimum atomic E-state index is 0.221. The molecule has 0 saturated carbocycles. The van der Waals surface area contributed by atoms with Gasteiger partial charge in [-0.05, 0) is 32.4 Å². The highest BCUT2D eigenvalue weighted by Crippen LogP contribution is 2.37. The van der Waals surface area contributed by atoms with Gasteiger partial charge in [0.2, 0.25) is 0 Å². The Bertz CT molecular complexity index is 604. The predicted molar refractivity (Wildman–Crippen MR) is 85.6 cm³/mol. The second-order valence-corrected chi connectivity index (χ2v) is 5.89. The largest absolute Gasteiger partial charge is 0.461 e. The summed E-state index contributed by atoms with van der Waals surface area (Å²) in [6.45, 7) is 7.40. The average molecular weight is 287 g/mol. The third-order valence-corrected chi connectivity index (χ3v) is 4.40. The lowest BCUT2D eigenvalue weighted by atomic mass is 9.95. The summed E-state index contributed by atoms with van der Waals surface area (Å²) >= 11 is 0. The second kappa shape index (κ2) is 6.20. The average Bonchev–Trinajstić information content (AvgIpc) is 3.08. The molecule has 3 heteroatoms. The van der Waals surface area contributed by atoms with Crippen LogP contribution >= 0.6 is 0 Å². The van der Waals surface area contributed by atoms with E-state index in [1.165, 1.54) is 10.9 Å². The molecule has 0 bridgehead atoms. The van der Waals surface area contributed by atoms with Crippen LogP contribution in [0.1, 0.15) is 51.0 Å². The van der Waals surface area contributed by atoms with Crippen molar-refractivity contribution in [3.05, 3.63) is 35.6 Å². The highest BCUT2D eigenvalue weighted by molar-refractivity contribution is 5.83. The van der Waals surface area contributed by atoms with Crippen LogP contribution in [0.2, 0.25) is 0 Å². The lowest BCUT2D eigenvalue weighted by molar-refractivity contribution is 0.0318. The molecular formula is C18H25NO2. The molecule has 1 aromatic carbocycles. The van der Waals surface area contributed by atoms with Crippen LogP contribution in [0.25, 0.3) is 11.0 Å². The standard InChI is InChI=1S/C18H25NO2/c1-4-14-17(13-8-6-7-9-15(13)21-14)18(19-5-2)16-11-10-12(3)20-16/h6-9,12,16,18-19H,4-5,10-11H2,1-3H3. The molecule has 1 aromatic heterocycles. The Balaban J connectivity index is 2.05. The molecule has 3 rings (SSSR count). The van der Waals surface area contributed by atoms with Crippen LogP contribution in [-0.4, -0.2) is 18.8 Å². The molecule has 2 heterocycles. The Morgan fingerprint density at radius 1 is 1.24 bits per heavy atom. The fourth-order valence-corrected chi connectivity index (χ4v) is 3.44. The van der Waals surface area contributed by atoms with Gasteiger partial charge in [-0.15, -0.1) is 0 Å². The van der Waals surface area contributed by atoms with Crippen molar-refractivity contribution in [2.45, 2.75) is 58.3 Å². The first-order chi connectivity index (χ1) is 10.2. The summed E-state index contributed by atoms with van der Waals surface area (Å²) in [7, 11) is 0. The number of nitrogens with one attached hydrogen (secondary N) is 1. The molecule has 3 atom stereocenters. The number of ether oxygens (including phenoxy) is 1. The Labute approximate surface area is 126 Å². The molecule has 0 spiro atoms. The first-order valence-electron chi connectivity index (χ1n) is 8.13. The highest BCUT2D eigenvalue weighted by Gasteiger charge is 2.33. The monoisotopic (exact) mass is 287 g/mol. The van der Waals surface area contributed by atoms with Crippen molar-refractivity contribution in [3.8, 4) is 0 Å². The van der Waals surface area contributed by atoms with E-state index in [1.807, 2.05) is 6.07 Å². The molecule has 1 aliphatic heterocycles. The van der Waals surface area contributed by atoms with Crippen LogP contribution in [0.5, 0.6) is 0 Å². The molecule has 3 nitrogen and oxygen atoms in total. The fourth-order valence-electron chi connectivity index (χ4n) is 3.44. The van der Waals surface area contributed by atoms with E-state index in [4.69, 9.17) is 9.15 Å². The summed E-state index contributed by atoms with van der Waals surface area (Å²) in [5.41, 5.74) is 2.28. The molecule has 21 heavy (non-hydrogen) atoms. The van der Waals surface area contributed by atoms with Gasteiger partial charge < -0.3 is 14.5 Å². The Hall–Kier alpha value is -1.32. The molecule has 3 unspecified atom stereocenters. The van der Waals surface area contributed by atoms with E-state index in [1.54, 1.807) is 0 Å². The predicted octanol–water partition coefficient (Wildman–Crippen LogP) is 4.21. The second-order valence-electron chi connectivity index (χ2n) is 5.89. The van der Waals surface area contributed by atoms with E-state index >= 15 is 0 Å². The van der Waals surface area contributed by atoms with Crippen molar-refractivity contribution in [2.24, 2.45) is 0 Å². The number of rotatable bonds is 5. The topological polar surface area (TPSA) is 34.4 Å². The van der Waals surface area contributed by atoms with Crippen molar-refractivity contribution < 1.29 is 9.15 Å². The quantitative estimate of drug-likeness (QED) is 0.894. The number of hydrogen-bond donors (Lipinski definition) is 1. The summed E-state index contributed by atoms with van der Waals surface area (Å²) in [5.74, 6) is 1.09. The minimum absolute atomic E-state index is 0.221. The lowest BCUT2D eigenvalue weighted by Crippen LogP contribution is -2.32. The van der Waals surface area contributed by atoms with Gasteiger partial charge in [-0.2, -0.15) is 0 Å². The van der Waals surface area contributed by atoms with Gasteiger partial charge in [-0.3, -0.25) is 0 Å². The molecule has 2 aromatic rings. The molecule has 0 amide bonds. The molecule has 114 valence electrons. The number of furan rings is 1. The van der Waals surface area contributed by atoms with E-state index in [0.717, 1.165) is 37.2 Å². The summed E-state index contributed by atoms with van der Waals surface area (Å²) < 4.78 is 12.2.